The van der Waals surface area contributed by atoms with E-state index in [1.54, 1.807) is 0 Å². The van der Waals surface area contributed by atoms with E-state index in [1.807, 2.05) is 12.1 Å². The molecule has 0 fully saturated rings. The Kier molecular flexibility index (Phi) is 3.98. The highest BCUT2D eigenvalue weighted by Gasteiger charge is 2.45. The van der Waals surface area contributed by atoms with E-state index in [0.717, 1.165) is 50.2 Å². The maximum atomic E-state index is 6.68. The van der Waals surface area contributed by atoms with Crippen molar-refractivity contribution >= 4 is 67.6 Å². The number of hydrogen-bond donors (Lipinski definition) is 0. The average Bonchev–Trinajstić information content (AvgIpc) is 3.69. The van der Waals surface area contributed by atoms with E-state index < -0.39 is 0 Å². The second-order valence-electron chi connectivity index (χ2n) is 10.9. The Morgan fingerprint density at radius 3 is 2.05 bits per heavy atom. The summed E-state index contributed by atoms with van der Waals surface area (Å²) < 4.78 is 15.3. The van der Waals surface area contributed by atoms with Crippen molar-refractivity contribution in [3.8, 4) is 22.6 Å². The first-order valence-corrected chi connectivity index (χ1v) is 14.0. The molecular formula is C36H21BN2O2. The molecule has 190 valence electrons. The topological polar surface area (TPSA) is 30.5 Å². The zero-order valence-corrected chi connectivity index (χ0v) is 21.9. The Labute approximate surface area is 235 Å². The Morgan fingerprint density at radius 1 is 0.512 bits per heavy atom. The summed E-state index contributed by atoms with van der Waals surface area (Å²) in [6.07, 6.45) is 0. The minimum atomic E-state index is -0.231. The van der Waals surface area contributed by atoms with Crippen molar-refractivity contribution in [1.29, 1.82) is 0 Å². The normalized spacial score (nSPS) is 13.5. The van der Waals surface area contributed by atoms with E-state index in [9.17, 15) is 0 Å². The minimum Gasteiger partial charge on any atom is -0.536 e. The molecule has 0 spiro atoms. The number of para-hydroxylation sites is 3. The highest BCUT2D eigenvalue weighted by Crippen LogP contribution is 2.50. The molecule has 8 aromatic rings. The molecule has 41 heavy (non-hydrogen) atoms. The zero-order valence-electron chi connectivity index (χ0n) is 21.9. The van der Waals surface area contributed by atoms with E-state index in [2.05, 4.69) is 125 Å². The molecule has 4 nitrogen and oxygen atoms in total. The minimum absolute atomic E-state index is 0.231. The molecule has 0 unspecified atom stereocenters. The number of aromatic nitrogens is 1. The van der Waals surface area contributed by atoms with Crippen molar-refractivity contribution in [3.63, 3.8) is 0 Å². The molecule has 6 aromatic carbocycles. The Hall–Kier alpha value is -5.42. The molecule has 0 radical (unpaired) electrons. The largest absolute Gasteiger partial charge is 0.536 e. The molecule has 0 saturated heterocycles. The maximum absolute atomic E-state index is 6.68. The van der Waals surface area contributed by atoms with Gasteiger partial charge in [-0.3, -0.25) is 0 Å². The number of anilines is 2. The number of benzene rings is 6. The smallest absolute Gasteiger partial charge is 0.524 e. The van der Waals surface area contributed by atoms with Gasteiger partial charge in [0.25, 0.3) is 0 Å². The number of furan rings is 1. The maximum Gasteiger partial charge on any atom is 0.524 e. The van der Waals surface area contributed by atoms with Crippen molar-refractivity contribution in [3.05, 3.63) is 127 Å². The molecule has 4 heterocycles. The van der Waals surface area contributed by atoms with Gasteiger partial charge < -0.3 is 18.4 Å². The highest BCUT2D eigenvalue weighted by atomic mass is 16.5. The summed E-state index contributed by atoms with van der Waals surface area (Å²) in [5.74, 6) is 0.843. The predicted octanol–water partition coefficient (Wildman–Crippen LogP) is 8.59. The van der Waals surface area contributed by atoms with Gasteiger partial charge >= 0.3 is 7.05 Å². The van der Waals surface area contributed by atoms with Crippen LogP contribution in [0.25, 0.3) is 60.6 Å². The summed E-state index contributed by atoms with van der Waals surface area (Å²) in [6, 6.07) is 45.3. The van der Waals surface area contributed by atoms with Gasteiger partial charge in [-0.25, -0.2) is 0 Å². The quantitative estimate of drug-likeness (QED) is 0.202. The van der Waals surface area contributed by atoms with Crippen molar-refractivity contribution in [2.45, 2.75) is 0 Å². The standard InChI is InChI=1S/C36H21BN2O2/c1-5-13-29-23(9-1)27-19-22(38-30-14-6-2-10-24(30)25-11-3-7-15-31(25)38)17-18-32(27)39-33-20-28-26-12-4-8-16-34(26)40-35(28)21-36(33)41-37(29)39/h1-21H. The molecule has 2 aliphatic rings. The monoisotopic (exact) mass is 524 g/mol. The first kappa shape index (κ1) is 21.4. The summed E-state index contributed by atoms with van der Waals surface area (Å²) in [6.45, 7) is 0. The first-order chi connectivity index (χ1) is 20.3. The van der Waals surface area contributed by atoms with Crippen LogP contribution in [0.3, 0.4) is 0 Å². The molecule has 0 N–H and O–H groups in total. The SMILES string of the molecule is c1ccc2c(c1)B1Oc3cc4oc5ccccc5c4cc3N1c1ccc(-n3c4ccccc4c4ccccc43)cc1-2. The summed E-state index contributed by atoms with van der Waals surface area (Å²) in [5, 5.41) is 4.75. The Bertz CT molecular complexity index is 2330. The predicted molar refractivity (Wildman–Crippen MR) is 168 cm³/mol. The van der Waals surface area contributed by atoms with Crippen LogP contribution in [0.5, 0.6) is 5.75 Å². The van der Waals surface area contributed by atoms with E-state index in [-0.39, 0.29) is 7.05 Å². The number of nitrogens with zero attached hydrogens (tertiary/aromatic N) is 2. The van der Waals surface area contributed by atoms with Crippen LogP contribution in [0, 0.1) is 0 Å². The molecule has 10 rings (SSSR count). The second-order valence-corrected chi connectivity index (χ2v) is 10.9. The second kappa shape index (κ2) is 7.61. The number of rotatable bonds is 1. The highest BCUT2D eigenvalue weighted by molar-refractivity contribution is 6.77. The zero-order chi connectivity index (χ0) is 26.7. The van der Waals surface area contributed by atoms with E-state index >= 15 is 0 Å². The van der Waals surface area contributed by atoms with Crippen LogP contribution >= 0.6 is 0 Å². The molecule has 0 amide bonds. The van der Waals surface area contributed by atoms with Gasteiger partial charge in [-0.1, -0.05) is 78.9 Å². The van der Waals surface area contributed by atoms with Gasteiger partial charge in [0.15, 0.2) is 0 Å². The fraction of sp³-hybridized carbons (Fsp3) is 0. The average molecular weight is 524 g/mol. The van der Waals surface area contributed by atoms with Crippen LogP contribution in [0.1, 0.15) is 0 Å². The van der Waals surface area contributed by atoms with Gasteiger partial charge in [0, 0.05) is 44.5 Å². The lowest BCUT2D eigenvalue weighted by Crippen LogP contribution is -2.50. The lowest BCUT2D eigenvalue weighted by atomic mass is 9.65. The Balaban J connectivity index is 1.23. The molecule has 2 aliphatic heterocycles. The summed E-state index contributed by atoms with van der Waals surface area (Å²) in [5.41, 5.74) is 11.1. The van der Waals surface area contributed by atoms with Gasteiger partial charge in [0.1, 0.15) is 16.9 Å². The van der Waals surface area contributed by atoms with Crippen molar-refractivity contribution < 1.29 is 9.07 Å². The van der Waals surface area contributed by atoms with Crippen LogP contribution in [-0.2, 0) is 0 Å². The van der Waals surface area contributed by atoms with Crippen molar-refractivity contribution in [2.24, 2.45) is 0 Å². The number of hydrogen-bond acceptors (Lipinski definition) is 3. The van der Waals surface area contributed by atoms with Gasteiger partial charge in [-0.2, -0.15) is 0 Å². The third-order valence-corrected chi connectivity index (χ3v) is 8.79. The third-order valence-electron chi connectivity index (χ3n) is 8.79. The molecule has 5 heteroatoms. The Morgan fingerprint density at radius 2 is 1.22 bits per heavy atom. The molecule has 0 saturated carbocycles. The van der Waals surface area contributed by atoms with Gasteiger partial charge in [-0.05, 0) is 53.5 Å². The molecule has 0 aliphatic carbocycles. The summed E-state index contributed by atoms with van der Waals surface area (Å²) >= 11 is 0. The fourth-order valence-electron chi connectivity index (χ4n) is 7.03. The van der Waals surface area contributed by atoms with Gasteiger partial charge in [0.2, 0.25) is 0 Å². The molecule has 0 bridgehead atoms. The summed E-state index contributed by atoms with van der Waals surface area (Å²) in [7, 11) is -0.231. The van der Waals surface area contributed by atoms with E-state index in [4.69, 9.17) is 9.07 Å². The van der Waals surface area contributed by atoms with Crippen molar-refractivity contribution in [2.75, 3.05) is 4.81 Å². The van der Waals surface area contributed by atoms with Crippen LogP contribution in [-0.4, -0.2) is 11.6 Å². The van der Waals surface area contributed by atoms with Crippen LogP contribution in [0.2, 0.25) is 0 Å². The fourth-order valence-corrected chi connectivity index (χ4v) is 7.03. The van der Waals surface area contributed by atoms with Crippen LogP contribution in [0.4, 0.5) is 11.4 Å². The lowest BCUT2D eigenvalue weighted by Gasteiger charge is -2.31. The van der Waals surface area contributed by atoms with E-state index in [1.165, 1.54) is 32.9 Å². The third kappa shape index (κ3) is 2.75. The van der Waals surface area contributed by atoms with Gasteiger partial charge in [-0.15, -0.1) is 0 Å². The van der Waals surface area contributed by atoms with E-state index in [0.29, 0.717) is 0 Å². The van der Waals surface area contributed by atoms with Gasteiger partial charge in [0.05, 0.1) is 16.7 Å². The first-order valence-electron chi connectivity index (χ1n) is 14.0. The van der Waals surface area contributed by atoms with Crippen LogP contribution < -0.4 is 14.9 Å². The lowest BCUT2D eigenvalue weighted by molar-refractivity contribution is 0.600. The van der Waals surface area contributed by atoms with Crippen LogP contribution in [0.15, 0.2) is 132 Å². The van der Waals surface area contributed by atoms with Crippen molar-refractivity contribution in [1.82, 2.24) is 4.57 Å². The molecule has 2 aromatic heterocycles. The number of fused-ring (bicyclic) bond motifs is 14. The summed E-state index contributed by atoms with van der Waals surface area (Å²) in [4.78, 5) is 2.35. The molecule has 0 atom stereocenters. The molecular weight excluding hydrogens is 503 g/mol.